The van der Waals surface area contributed by atoms with Crippen LogP contribution in [0.5, 0.6) is 0 Å². The molecule has 1 amide bonds. The van der Waals surface area contributed by atoms with E-state index in [2.05, 4.69) is 25.6 Å². The number of carbonyl (C=O) groups is 2. The molecular weight excluding hydrogens is 439 g/mol. The summed E-state index contributed by atoms with van der Waals surface area (Å²) >= 11 is 0. The van der Waals surface area contributed by atoms with Crippen LogP contribution < -0.4 is 5.32 Å². The quantitative estimate of drug-likeness (QED) is 0.466. The van der Waals surface area contributed by atoms with Gasteiger partial charge in [-0.25, -0.2) is 14.2 Å². The van der Waals surface area contributed by atoms with E-state index >= 15 is 0 Å². The first kappa shape index (κ1) is 21.4. The van der Waals surface area contributed by atoms with Crippen molar-refractivity contribution in [1.29, 1.82) is 0 Å². The van der Waals surface area contributed by atoms with E-state index < -0.39 is 5.97 Å². The number of aromatic nitrogens is 5. The Morgan fingerprint density at radius 1 is 1.15 bits per heavy atom. The van der Waals surface area contributed by atoms with Gasteiger partial charge in [0.05, 0.1) is 30.3 Å². The molecule has 0 aliphatic carbocycles. The smallest absolute Gasteiger partial charge is 0.337 e. The molecule has 5 rings (SSSR count). The third-order valence-electron chi connectivity index (χ3n) is 5.71. The Morgan fingerprint density at radius 3 is 2.59 bits per heavy atom. The predicted octanol–water partition coefficient (Wildman–Crippen LogP) is 3.43. The van der Waals surface area contributed by atoms with Crippen LogP contribution in [0, 0.1) is 12.7 Å². The monoisotopic (exact) mass is 458 g/mol. The van der Waals surface area contributed by atoms with E-state index in [0.29, 0.717) is 28.3 Å². The zero-order chi connectivity index (χ0) is 23.8. The zero-order valence-electron chi connectivity index (χ0n) is 18.3. The summed E-state index contributed by atoms with van der Waals surface area (Å²) < 4.78 is 19.5. The normalized spacial score (nSPS) is 14.9. The second-order valence-corrected chi connectivity index (χ2v) is 7.83. The van der Waals surface area contributed by atoms with Crippen molar-refractivity contribution in [3.05, 3.63) is 82.9 Å². The van der Waals surface area contributed by atoms with Gasteiger partial charge >= 0.3 is 5.97 Å². The number of benzene rings is 2. The van der Waals surface area contributed by atoms with Gasteiger partial charge in [0.1, 0.15) is 11.6 Å². The van der Waals surface area contributed by atoms with E-state index in [9.17, 15) is 14.0 Å². The SMILES string of the molecule is COC(=O)c1ccc([C@H]2CC(=O)Nc3c2c(C)nn3-c2nncc(-c3ccc(F)cc3)n2)cc1. The maximum Gasteiger partial charge on any atom is 0.337 e. The second kappa shape index (κ2) is 8.47. The molecule has 0 fully saturated rings. The van der Waals surface area contributed by atoms with Gasteiger partial charge in [-0.1, -0.05) is 12.1 Å². The van der Waals surface area contributed by atoms with Crippen LogP contribution in [-0.4, -0.2) is 43.9 Å². The number of halogens is 1. The Kier molecular flexibility index (Phi) is 5.33. The van der Waals surface area contributed by atoms with Crippen molar-refractivity contribution in [2.24, 2.45) is 0 Å². The highest BCUT2D eigenvalue weighted by Crippen LogP contribution is 2.40. The van der Waals surface area contributed by atoms with E-state index in [1.165, 1.54) is 30.1 Å². The average molecular weight is 458 g/mol. The third-order valence-corrected chi connectivity index (χ3v) is 5.71. The molecule has 170 valence electrons. The Labute approximate surface area is 193 Å². The number of amides is 1. The Morgan fingerprint density at radius 2 is 1.88 bits per heavy atom. The summed E-state index contributed by atoms with van der Waals surface area (Å²) in [6.45, 7) is 1.85. The molecule has 10 heteroatoms. The molecule has 34 heavy (non-hydrogen) atoms. The first-order chi connectivity index (χ1) is 16.4. The van der Waals surface area contributed by atoms with Gasteiger partial charge in [0.2, 0.25) is 5.91 Å². The van der Waals surface area contributed by atoms with Crippen molar-refractivity contribution in [3.8, 4) is 17.2 Å². The summed E-state index contributed by atoms with van der Waals surface area (Å²) in [5, 5.41) is 15.6. The minimum atomic E-state index is -0.427. The van der Waals surface area contributed by atoms with E-state index in [1.54, 1.807) is 24.3 Å². The molecule has 2 aromatic carbocycles. The van der Waals surface area contributed by atoms with Crippen molar-refractivity contribution in [3.63, 3.8) is 0 Å². The van der Waals surface area contributed by atoms with Crippen molar-refractivity contribution >= 4 is 17.7 Å². The molecular formula is C24H19FN6O3. The van der Waals surface area contributed by atoms with Crippen molar-refractivity contribution in [2.45, 2.75) is 19.3 Å². The fraction of sp³-hybridized carbons (Fsp3) is 0.167. The molecule has 9 nitrogen and oxygen atoms in total. The van der Waals surface area contributed by atoms with Crippen LogP contribution in [0.25, 0.3) is 17.2 Å². The molecule has 1 N–H and O–H groups in total. The summed E-state index contributed by atoms with van der Waals surface area (Å²) in [7, 11) is 1.33. The van der Waals surface area contributed by atoms with E-state index in [-0.39, 0.29) is 30.0 Å². The number of hydrogen-bond donors (Lipinski definition) is 1. The largest absolute Gasteiger partial charge is 0.465 e. The number of rotatable bonds is 4. The molecule has 0 bridgehead atoms. The minimum absolute atomic E-state index is 0.174. The highest BCUT2D eigenvalue weighted by atomic mass is 19.1. The van der Waals surface area contributed by atoms with Gasteiger partial charge in [-0.2, -0.15) is 14.9 Å². The van der Waals surface area contributed by atoms with Crippen LogP contribution in [0.3, 0.4) is 0 Å². The molecule has 0 spiro atoms. The van der Waals surface area contributed by atoms with Crippen molar-refractivity contribution in [2.75, 3.05) is 12.4 Å². The lowest BCUT2D eigenvalue weighted by molar-refractivity contribution is -0.116. The van der Waals surface area contributed by atoms with Gasteiger partial charge in [-0.05, 0) is 48.9 Å². The topological polar surface area (TPSA) is 112 Å². The van der Waals surface area contributed by atoms with Gasteiger partial charge in [0.15, 0.2) is 0 Å². The van der Waals surface area contributed by atoms with Crippen LogP contribution in [0.4, 0.5) is 10.2 Å². The van der Waals surface area contributed by atoms with Gasteiger partial charge in [-0.3, -0.25) is 4.79 Å². The fourth-order valence-corrected chi connectivity index (χ4v) is 4.09. The van der Waals surface area contributed by atoms with E-state index in [4.69, 9.17) is 4.74 Å². The number of hydrogen-bond acceptors (Lipinski definition) is 7. The summed E-state index contributed by atoms with van der Waals surface area (Å²) in [6, 6.07) is 12.8. The number of methoxy groups -OCH3 is 1. The number of anilines is 1. The summed E-state index contributed by atoms with van der Waals surface area (Å²) in [5.74, 6) is -0.586. The molecule has 4 aromatic rings. The number of nitrogens with one attached hydrogen (secondary N) is 1. The molecule has 2 aromatic heterocycles. The number of esters is 1. The molecule has 1 aliphatic heterocycles. The number of aryl methyl sites for hydroxylation is 1. The van der Waals surface area contributed by atoms with Gasteiger partial charge in [0, 0.05) is 23.5 Å². The number of carbonyl (C=O) groups excluding carboxylic acids is 2. The summed E-state index contributed by atoms with van der Waals surface area (Å²) in [6.07, 6.45) is 1.70. The second-order valence-electron chi connectivity index (χ2n) is 7.83. The van der Waals surface area contributed by atoms with Crippen LogP contribution >= 0.6 is 0 Å². The maximum absolute atomic E-state index is 13.3. The van der Waals surface area contributed by atoms with Crippen LogP contribution in [0.15, 0.2) is 54.7 Å². The molecule has 3 heterocycles. The number of nitrogens with zero attached hydrogens (tertiary/aromatic N) is 5. The molecule has 0 unspecified atom stereocenters. The zero-order valence-corrected chi connectivity index (χ0v) is 18.3. The van der Waals surface area contributed by atoms with Crippen molar-refractivity contribution < 1.29 is 18.7 Å². The lowest BCUT2D eigenvalue weighted by atomic mass is 9.85. The highest BCUT2D eigenvalue weighted by Gasteiger charge is 2.33. The van der Waals surface area contributed by atoms with E-state index in [1.807, 2.05) is 19.1 Å². The molecule has 1 atom stereocenters. The summed E-state index contributed by atoms with van der Waals surface area (Å²) in [4.78, 5) is 28.9. The minimum Gasteiger partial charge on any atom is -0.465 e. The van der Waals surface area contributed by atoms with E-state index in [0.717, 1.165) is 11.1 Å². The molecule has 1 aliphatic rings. The highest BCUT2D eigenvalue weighted by molar-refractivity contribution is 5.95. The summed E-state index contributed by atoms with van der Waals surface area (Å²) in [5.41, 5.74) is 3.99. The third kappa shape index (κ3) is 3.79. The van der Waals surface area contributed by atoms with Gasteiger partial charge < -0.3 is 10.1 Å². The lowest BCUT2D eigenvalue weighted by Crippen LogP contribution is -2.25. The molecule has 0 saturated carbocycles. The first-order valence-electron chi connectivity index (χ1n) is 10.5. The number of ether oxygens (including phenoxy) is 1. The standard InChI is InChI=1S/C24H19FN6O3/c1-13-21-18(14-3-5-16(6-4-14)23(33)34-2)11-20(32)28-22(21)31(30-13)24-27-19(12-26-29-24)15-7-9-17(25)10-8-15/h3-10,12,18H,11H2,1-2H3,(H,28,32)/t18-/m1/s1. The first-order valence-corrected chi connectivity index (χ1v) is 10.5. The Bertz CT molecular complexity index is 1400. The van der Waals surface area contributed by atoms with Crippen LogP contribution in [0.1, 0.15) is 39.5 Å². The fourth-order valence-electron chi connectivity index (χ4n) is 4.09. The number of fused-ring (bicyclic) bond motifs is 1. The predicted molar refractivity (Wildman–Crippen MR) is 120 cm³/mol. The van der Waals surface area contributed by atoms with Gasteiger partial charge in [0.25, 0.3) is 5.95 Å². The average Bonchev–Trinajstić information content (AvgIpc) is 3.19. The van der Waals surface area contributed by atoms with Crippen molar-refractivity contribution in [1.82, 2.24) is 25.0 Å². The van der Waals surface area contributed by atoms with Crippen LogP contribution in [-0.2, 0) is 9.53 Å². The maximum atomic E-state index is 13.3. The van der Waals surface area contributed by atoms with Crippen LogP contribution in [0.2, 0.25) is 0 Å². The Hall–Kier alpha value is -4.47. The Balaban J connectivity index is 1.56. The lowest BCUT2D eigenvalue weighted by Gasteiger charge is -2.24. The van der Waals surface area contributed by atoms with Gasteiger partial charge in [-0.15, -0.1) is 5.10 Å². The molecule has 0 radical (unpaired) electrons. The molecule has 0 saturated heterocycles.